The smallest absolute Gasteiger partial charge is 0.236 e. The largest absolute Gasteiger partial charge is 0.345 e. The number of likely N-dealkylation sites (N-methyl/N-ethyl adjacent to an activating group) is 1. The molecule has 0 N–H and O–H groups in total. The van der Waals surface area contributed by atoms with Crippen molar-refractivity contribution in [2.24, 2.45) is 0 Å². The molecule has 1 saturated heterocycles. The molecular formula is C14H24N4O2. The van der Waals surface area contributed by atoms with Gasteiger partial charge in [-0.2, -0.15) is 5.26 Å². The lowest BCUT2D eigenvalue weighted by molar-refractivity contribution is -0.133. The fourth-order valence-electron chi connectivity index (χ4n) is 2.20. The van der Waals surface area contributed by atoms with Crippen LogP contribution in [0.5, 0.6) is 0 Å². The molecule has 1 fully saturated rings. The van der Waals surface area contributed by atoms with Crippen LogP contribution in [-0.4, -0.2) is 73.3 Å². The molecule has 0 atom stereocenters. The Balaban J connectivity index is 2.21. The first-order valence-corrected chi connectivity index (χ1v) is 7.12. The quantitative estimate of drug-likeness (QED) is 0.673. The van der Waals surface area contributed by atoms with Gasteiger partial charge in [-0.05, 0) is 19.9 Å². The summed E-state index contributed by atoms with van der Waals surface area (Å²) >= 11 is 0. The van der Waals surface area contributed by atoms with E-state index >= 15 is 0 Å². The van der Waals surface area contributed by atoms with Gasteiger partial charge in [0.15, 0.2) is 0 Å². The van der Waals surface area contributed by atoms with Crippen molar-refractivity contribution in [3.63, 3.8) is 0 Å². The average molecular weight is 280 g/mol. The summed E-state index contributed by atoms with van der Waals surface area (Å²) in [7, 11) is 3.56. The third-order valence-corrected chi connectivity index (χ3v) is 3.56. The highest BCUT2D eigenvalue weighted by Crippen LogP contribution is 2.07. The summed E-state index contributed by atoms with van der Waals surface area (Å²) in [5.41, 5.74) is 0. The highest BCUT2D eigenvalue weighted by atomic mass is 16.2. The van der Waals surface area contributed by atoms with E-state index in [2.05, 4.69) is 0 Å². The molecule has 0 radical (unpaired) electrons. The van der Waals surface area contributed by atoms with E-state index in [-0.39, 0.29) is 11.8 Å². The van der Waals surface area contributed by atoms with Gasteiger partial charge in [0.25, 0.3) is 0 Å². The van der Waals surface area contributed by atoms with Crippen molar-refractivity contribution in [2.45, 2.75) is 25.7 Å². The third kappa shape index (κ3) is 5.57. The second-order valence-corrected chi connectivity index (χ2v) is 5.30. The van der Waals surface area contributed by atoms with Gasteiger partial charge in [0.1, 0.15) is 0 Å². The molecule has 0 saturated carbocycles. The number of carbonyl (C=O) groups excluding carboxylic acids is 2. The van der Waals surface area contributed by atoms with Crippen molar-refractivity contribution in [1.82, 2.24) is 14.7 Å². The standard InChI is InChI=1S/C14H24N4O2/c1-16(12-14(20)18-9-3-4-10-18)11-6-13(19)17(2)8-5-7-15/h3-6,8-12H2,1-2H3. The van der Waals surface area contributed by atoms with Gasteiger partial charge < -0.3 is 9.80 Å². The van der Waals surface area contributed by atoms with Crippen molar-refractivity contribution in [1.29, 1.82) is 5.26 Å². The average Bonchev–Trinajstić information content (AvgIpc) is 2.96. The zero-order chi connectivity index (χ0) is 15.0. The minimum atomic E-state index is 0.0146. The summed E-state index contributed by atoms with van der Waals surface area (Å²) in [6.45, 7) is 3.13. The Morgan fingerprint density at radius 2 is 1.85 bits per heavy atom. The normalized spacial score (nSPS) is 14.4. The Morgan fingerprint density at radius 1 is 1.20 bits per heavy atom. The van der Waals surface area contributed by atoms with Crippen LogP contribution in [0.4, 0.5) is 0 Å². The molecule has 1 aliphatic rings. The van der Waals surface area contributed by atoms with Gasteiger partial charge in [0.05, 0.1) is 19.0 Å². The molecule has 1 aliphatic heterocycles. The van der Waals surface area contributed by atoms with Crippen molar-refractivity contribution in [3.05, 3.63) is 0 Å². The maximum absolute atomic E-state index is 11.9. The van der Waals surface area contributed by atoms with Gasteiger partial charge in [-0.1, -0.05) is 0 Å². The second-order valence-electron chi connectivity index (χ2n) is 5.30. The van der Waals surface area contributed by atoms with Gasteiger partial charge in [-0.3, -0.25) is 14.5 Å². The molecule has 112 valence electrons. The SMILES string of the molecule is CN(CCC(=O)N(C)CCC#N)CC(=O)N1CCCC1. The Kier molecular flexibility index (Phi) is 7.02. The van der Waals surface area contributed by atoms with E-state index in [4.69, 9.17) is 5.26 Å². The van der Waals surface area contributed by atoms with E-state index in [0.29, 0.717) is 32.5 Å². The summed E-state index contributed by atoms with van der Waals surface area (Å²) in [5.74, 6) is 0.163. The molecule has 1 rings (SSSR count). The number of carbonyl (C=O) groups is 2. The van der Waals surface area contributed by atoms with Crippen LogP contribution in [0.3, 0.4) is 0 Å². The van der Waals surface area contributed by atoms with E-state index in [0.717, 1.165) is 25.9 Å². The maximum atomic E-state index is 11.9. The molecule has 0 unspecified atom stereocenters. The van der Waals surface area contributed by atoms with Crippen LogP contribution in [0, 0.1) is 11.3 Å². The second kappa shape index (κ2) is 8.54. The zero-order valence-electron chi connectivity index (χ0n) is 12.5. The summed E-state index contributed by atoms with van der Waals surface area (Å²) in [6.07, 6.45) is 2.92. The van der Waals surface area contributed by atoms with E-state index in [1.165, 1.54) is 0 Å². The minimum Gasteiger partial charge on any atom is -0.345 e. The minimum absolute atomic E-state index is 0.0146. The maximum Gasteiger partial charge on any atom is 0.236 e. The van der Waals surface area contributed by atoms with Crippen LogP contribution in [0.15, 0.2) is 0 Å². The van der Waals surface area contributed by atoms with Crippen LogP contribution in [0.25, 0.3) is 0 Å². The summed E-state index contributed by atoms with van der Waals surface area (Å²) in [5, 5.41) is 8.48. The first-order chi connectivity index (χ1) is 9.54. The van der Waals surface area contributed by atoms with Gasteiger partial charge >= 0.3 is 0 Å². The number of nitrogens with zero attached hydrogens (tertiary/aromatic N) is 4. The van der Waals surface area contributed by atoms with Crippen molar-refractivity contribution in [2.75, 3.05) is 46.8 Å². The molecular weight excluding hydrogens is 256 g/mol. The lowest BCUT2D eigenvalue weighted by atomic mass is 10.3. The Hall–Kier alpha value is -1.61. The van der Waals surface area contributed by atoms with E-state index in [1.54, 1.807) is 11.9 Å². The van der Waals surface area contributed by atoms with E-state index in [9.17, 15) is 9.59 Å². The topological polar surface area (TPSA) is 67.6 Å². The molecule has 6 nitrogen and oxygen atoms in total. The fraction of sp³-hybridized carbons (Fsp3) is 0.786. The van der Waals surface area contributed by atoms with Crippen LogP contribution in [0.1, 0.15) is 25.7 Å². The van der Waals surface area contributed by atoms with Gasteiger partial charge in [-0.15, -0.1) is 0 Å². The first-order valence-electron chi connectivity index (χ1n) is 7.12. The molecule has 6 heteroatoms. The Labute approximate surface area is 120 Å². The monoisotopic (exact) mass is 280 g/mol. The Bertz CT molecular complexity index is 372. The predicted molar refractivity (Wildman–Crippen MR) is 75.8 cm³/mol. The summed E-state index contributed by atoms with van der Waals surface area (Å²) < 4.78 is 0. The first kappa shape index (κ1) is 16.4. The highest BCUT2D eigenvalue weighted by Gasteiger charge is 2.19. The van der Waals surface area contributed by atoms with Crippen LogP contribution < -0.4 is 0 Å². The number of hydrogen-bond donors (Lipinski definition) is 0. The Morgan fingerprint density at radius 3 is 2.45 bits per heavy atom. The predicted octanol–water partition coefficient (Wildman–Crippen LogP) is 0.303. The van der Waals surface area contributed by atoms with Gasteiger partial charge in [0.2, 0.25) is 11.8 Å². The lowest BCUT2D eigenvalue weighted by Crippen LogP contribution is -2.39. The fourth-order valence-corrected chi connectivity index (χ4v) is 2.20. The number of nitriles is 1. The zero-order valence-corrected chi connectivity index (χ0v) is 12.5. The van der Waals surface area contributed by atoms with Crippen molar-refractivity contribution >= 4 is 11.8 Å². The number of hydrogen-bond acceptors (Lipinski definition) is 4. The van der Waals surface area contributed by atoms with E-state index in [1.807, 2.05) is 22.9 Å². The number of amides is 2. The van der Waals surface area contributed by atoms with Crippen LogP contribution in [-0.2, 0) is 9.59 Å². The molecule has 20 heavy (non-hydrogen) atoms. The van der Waals surface area contributed by atoms with Crippen LogP contribution >= 0.6 is 0 Å². The molecule has 0 aliphatic carbocycles. The molecule has 0 aromatic heterocycles. The lowest BCUT2D eigenvalue weighted by Gasteiger charge is -2.22. The highest BCUT2D eigenvalue weighted by molar-refractivity contribution is 5.79. The molecule has 1 heterocycles. The van der Waals surface area contributed by atoms with Gasteiger partial charge in [-0.25, -0.2) is 0 Å². The molecule has 0 aromatic rings. The van der Waals surface area contributed by atoms with Crippen molar-refractivity contribution in [3.8, 4) is 6.07 Å². The van der Waals surface area contributed by atoms with Gasteiger partial charge in [0, 0.05) is 39.6 Å². The van der Waals surface area contributed by atoms with Crippen LogP contribution in [0.2, 0.25) is 0 Å². The summed E-state index contributed by atoms with van der Waals surface area (Å²) in [6, 6.07) is 2.02. The molecule has 0 spiro atoms. The number of rotatable bonds is 7. The third-order valence-electron chi connectivity index (χ3n) is 3.56. The molecule has 0 bridgehead atoms. The summed E-state index contributed by atoms with van der Waals surface area (Å²) in [4.78, 5) is 29.1. The number of likely N-dealkylation sites (tertiary alicyclic amines) is 1. The molecule has 2 amide bonds. The van der Waals surface area contributed by atoms with E-state index < -0.39 is 0 Å². The van der Waals surface area contributed by atoms with Crippen molar-refractivity contribution < 1.29 is 9.59 Å². The molecule has 0 aromatic carbocycles.